The van der Waals surface area contributed by atoms with E-state index >= 15 is 0 Å². The summed E-state index contributed by atoms with van der Waals surface area (Å²) in [5.41, 5.74) is 3.60. The zero-order chi connectivity index (χ0) is 20.1. The van der Waals surface area contributed by atoms with Gasteiger partial charge >= 0.3 is 0 Å². The molecular weight excluding hydrogens is 360 g/mol. The molecule has 1 fully saturated rings. The van der Waals surface area contributed by atoms with E-state index in [1.807, 2.05) is 36.4 Å². The number of aliphatic hydroxyl groups is 1. The minimum atomic E-state index is -0.347. The predicted molar refractivity (Wildman–Crippen MR) is 118 cm³/mol. The summed E-state index contributed by atoms with van der Waals surface area (Å²) in [6, 6.07) is 16.3. The van der Waals surface area contributed by atoms with E-state index in [2.05, 4.69) is 28.2 Å². The minimum Gasteiger partial charge on any atom is -0.497 e. The summed E-state index contributed by atoms with van der Waals surface area (Å²) in [5.74, 6) is 1.25. The van der Waals surface area contributed by atoms with Crippen LogP contribution in [0.25, 0.3) is 10.9 Å². The molecule has 3 aromatic rings. The average molecular weight is 393 g/mol. The number of benzene rings is 2. The van der Waals surface area contributed by atoms with Crippen LogP contribution in [0, 0.1) is 5.92 Å². The first-order valence-electron chi connectivity index (χ1n) is 10.8. The van der Waals surface area contributed by atoms with E-state index in [1.54, 1.807) is 7.11 Å². The molecule has 4 heteroatoms. The van der Waals surface area contributed by atoms with Crippen LogP contribution >= 0.6 is 0 Å². The summed E-state index contributed by atoms with van der Waals surface area (Å²) in [7, 11) is 1.72. The van der Waals surface area contributed by atoms with Gasteiger partial charge in [0.25, 0.3) is 0 Å². The molecular formula is C25H32N2O2. The molecule has 2 atom stereocenters. The highest BCUT2D eigenvalue weighted by molar-refractivity contribution is 5.84. The molecule has 4 rings (SSSR count). The molecule has 1 aliphatic rings. The van der Waals surface area contributed by atoms with E-state index in [0.717, 1.165) is 43.8 Å². The molecule has 2 heterocycles. The van der Waals surface area contributed by atoms with Gasteiger partial charge in [-0.25, -0.2) is 0 Å². The molecule has 0 amide bonds. The van der Waals surface area contributed by atoms with Crippen LogP contribution in [0.5, 0.6) is 5.75 Å². The molecule has 0 radical (unpaired) electrons. The van der Waals surface area contributed by atoms with Crippen molar-refractivity contribution in [3.8, 4) is 5.75 Å². The molecule has 29 heavy (non-hydrogen) atoms. The van der Waals surface area contributed by atoms with Crippen LogP contribution in [0.3, 0.4) is 0 Å². The molecule has 0 saturated carbocycles. The fourth-order valence-corrected chi connectivity index (χ4v) is 4.62. The summed E-state index contributed by atoms with van der Waals surface area (Å²) in [5, 5.41) is 12.0. The van der Waals surface area contributed by atoms with Gasteiger partial charge in [0.05, 0.1) is 13.2 Å². The number of nitrogens with one attached hydrogen (secondary N) is 1. The van der Waals surface area contributed by atoms with Gasteiger partial charge in [0, 0.05) is 29.6 Å². The number of piperidine rings is 1. The number of aromatic nitrogens is 1. The Morgan fingerprint density at radius 1 is 1.17 bits per heavy atom. The molecule has 0 aliphatic carbocycles. The summed E-state index contributed by atoms with van der Waals surface area (Å²) in [6.07, 6.45) is 7.52. The van der Waals surface area contributed by atoms with Crippen molar-refractivity contribution in [3.05, 3.63) is 65.9 Å². The van der Waals surface area contributed by atoms with Crippen LogP contribution < -0.4 is 4.74 Å². The number of ether oxygens (including phenoxy) is 1. The SMILES string of the molecule is COc1ccc2[nH]cc(CCCCN3CCCC(C(O)c4ccccc4)C3)c2c1. The lowest BCUT2D eigenvalue weighted by Crippen LogP contribution is -2.38. The minimum absolute atomic E-state index is 0.340. The Morgan fingerprint density at radius 3 is 2.86 bits per heavy atom. The van der Waals surface area contributed by atoms with Crippen LogP contribution in [0.2, 0.25) is 0 Å². The second kappa shape index (κ2) is 9.47. The number of nitrogens with zero attached hydrogens (tertiary/aromatic N) is 1. The van der Waals surface area contributed by atoms with Crippen LogP contribution in [-0.2, 0) is 6.42 Å². The number of aryl methyl sites for hydroxylation is 1. The molecule has 1 saturated heterocycles. The third-order valence-corrected chi connectivity index (χ3v) is 6.27. The smallest absolute Gasteiger partial charge is 0.119 e. The third kappa shape index (κ3) is 4.82. The highest BCUT2D eigenvalue weighted by Crippen LogP contribution is 2.30. The van der Waals surface area contributed by atoms with Gasteiger partial charge in [-0.05, 0) is 74.5 Å². The molecule has 2 unspecified atom stereocenters. The molecule has 2 N–H and O–H groups in total. The second-order valence-electron chi connectivity index (χ2n) is 8.24. The fourth-order valence-electron chi connectivity index (χ4n) is 4.62. The lowest BCUT2D eigenvalue weighted by molar-refractivity contribution is 0.0498. The molecule has 4 nitrogen and oxygen atoms in total. The number of methoxy groups -OCH3 is 1. The van der Waals surface area contributed by atoms with Crippen molar-refractivity contribution in [3.63, 3.8) is 0 Å². The Morgan fingerprint density at radius 2 is 2.03 bits per heavy atom. The summed E-state index contributed by atoms with van der Waals surface area (Å²) >= 11 is 0. The maximum Gasteiger partial charge on any atom is 0.119 e. The molecule has 154 valence electrons. The van der Waals surface area contributed by atoms with Gasteiger partial charge in [-0.15, -0.1) is 0 Å². The first kappa shape index (κ1) is 20.0. The number of fused-ring (bicyclic) bond motifs is 1. The van der Waals surface area contributed by atoms with Crippen molar-refractivity contribution < 1.29 is 9.84 Å². The Balaban J connectivity index is 1.26. The van der Waals surface area contributed by atoms with Crippen molar-refractivity contribution in [2.75, 3.05) is 26.7 Å². The third-order valence-electron chi connectivity index (χ3n) is 6.27. The van der Waals surface area contributed by atoms with Gasteiger partial charge in [-0.1, -0.05) is 30.3 Å². The van der Waals surface area contributed by atoms with E-state index in [9.17, 15) is 5.11 Å². The Kier molecular flexibility index (Phi) is 6.53. The van der Waals surface area contributed by atoms with Crippen LogP contribution in [0.1, 0.15) is 42.9 Å². The van der Waals surface area contributed by atoms with Crippen molar-refractivity contribution in [2.45, 2.75) is 38.2 Å². The summed E-state index contributed by atoms with van der Waals surface area (Å²) in [6.45, 7) is 3.27. The standard InChI is InChI=1S/C25H32N2O2/c1-29-22-12-13-24-23(16-22)20(17-26-24)10-5-6-14-27-15-7-11-21(18-27)25(28)19-8-3-2-4-9-19/h2-4,8-9,12-13,16-17,21,25-26,28H,5-7,10-11,14-15,18H2,1H3. The van der Waals surface area contributed by atoms with Crippen molar-refractivity contribution in [2.24, 2.45) is 5.92 Å². The average Bonchev–Trinajstić information content (AvgIpc) is 3.19. The van der Waals surface area contributed by atoms with Gasteiger partial charge in [0.15, 0.2) is 0 Å². The maximum absolute atomic E-state index is 10.8. The fraction of sp³-hybridized carbons (Fsp3) is 0.440. The van der Waals surface area contributed by atoms with E-state index < -0.39 is 0 Å². The molecule has 0 bridgehead atoms. The quantitative estimate of drug-likeness (QED) is 0.534. The van der Waals surface area contributed by atoms with E-state index in [0.29, 0.717) is 5.92 Å². The number of hydrogen-bond acceptors (Lipinski definition) is 3. The van der Waals surface area contributed by atoms with Gasteiger partial charge in [-0.3, -0.25) is 0 Å². The lowest BCUT2D eigenvalue weighted by Gasteiger charge is -2.35. The number of unbranched alkanes of at least 4 members (excludes halogenated alkanes) is 1. The first-order chi connectivity index (χ1) is 14.2. The number of aromatic amines is 1. The summed E-state index contributed by atoms with van der Waals surface area (Å²) < 4.78 is 5.37. The number of H-pyrrole nitrogens is 1. The Bertz CT molecular complexity index is 906. The number of rotatable bonds is 8. The highest BCUT2D eigenvalue weighted by atomic mass is 16.5. The van der Waals surface area contributed by atoms with Crippen molar-refractivity contribution in [1.82, 2.24) is 9.88 Å². The zero-order valence-corrected chi connectivity index (χ0v) is 17.3. The zero-order valence-electron chi connectivity index (χ0n) is 17.3. The van der Waals surface area contributed by atoms with E-state index in [1.165, 1.54) is 35.7 Å². The Hall–Kier alpha value is -2.30. The lowest BCUT2D eigenvalue weighted by atomic mass is 9.88. The number of hydrogen-bond donors (Lipinski definition) is 2. The van der Waals surface area contributed by atoms with Gasteiger partial charge in [0.2, 0.25) is 0 Å². The molecule has 2 aromatic carbocycles. The maximum atomic E-state index is 10.8. The second-order valence-corrected chi connectivity index (χ2v) is 8.24. The van der Waals surface area contributed by atoms with E-state index in [4.69, 9.17) is 4.74 Å². The first-order valence-corrected chi connectivity index (χ1v) is 10.8. The molecule has 1 aliphatic heterocycles. The summed E-state index contributed by atoms with van der Waals surface area (Å²) in [4.78, 5) is 5.91. The topological polar surface area (TPSA) is 48.5 Å². The van der Waals surface area contributed by atoms with Crippen LogP contribution in [-0.4, -0.2) is 41.7 Å². The molecule has 0 spiro atoms. The van der Waals surface area contributed by atoms with E-state index in [-0.39, 0.29) is 6.10 Å². The highest BCUT2D eigenvalue weighted by Gasteiger charge is 2.26. The van der Waals surface area contributed by atoms with Gasteiger partial charge < -0.3 is 19.7 Å². The van der Waals surface area contributed by atoms with Crippen molar-refractivity contribution >= 4 is 10.9 Å². The monoisotopic (exact) mass is 392 g/mol. The van der Waals surface area contributed by atoms with Crippen LogP contribution in [0.4, 0.5) is 0 Å². The Labute approximate surface area is 173 Å². The predicted octanol–water partition coefficient (Wildman–Crippen LogP) is 4.94. The van der Waals surface area contributed by atoms with Gasteiger partial charge in [0.1, 0.15) is 5.75 Å². The van der Waals surface area contributed by atoms with Crippen molar-refractivity contribution in [1.29, 1.82) is 0 Å². The van der Waals surface area contributed by atoms with Gasteiger partial charge in [-0.2, -0.15) is 0 Å². The number of likely N-dealkylation sites (tertiary alicyclic amines) is 1. The van der Waals surface area contributed by atoms with Crippen LogP contribution in [0.15, 0.2) is 54.7 Å². The number of aliphatic hydroxyl groups excluding tert-OH is 1. The largest absolute Gasteiger partial charge is 0.497 e. The molecule has 1 aromatic heterocycles. The normalized spacial score (nSPS) is 18.8.